The normalized spacial score (nSPS) is 12.7. The Morgan fingerprint density at radius 1 is 0.831 bits per heavy atom. The van der Waals surface area contributed by atoms with Gasteiger partial charge in [-0.05, 0) is 45.2 Å². The van der Waals surface area contributed by atoms with Gasteiger partial charge in [-0.2, -0.15) is 9.61 Å². The number of aromatic nitrogens is 4. The molecule has 3 aromatic heterocycles. The largest absolute Gasteiger partial charge is 0.478 e. The SMILES string of the molecule is CC.CCO.CCc1cnn2c(NCc3ccc(OCCOCCOCCOCCOCCOCCOCCN(C)C/C=C/C(=O)O)nc3)cc(N3CCCCC3)nc12. The minimum Gasteiger partial charge on any atom is -0.478 e. The zero-order valence-corrected chi connectivity index (χ0v) is 36.1. The molecular formula is C42H71N7O10. The lowest BCUT2D eigenvalue weighted by atomic mass is 10.1. The van der Waals surface area contributed by atoms with Gasteiger partial charge >= 0.3 is 5.97 Å². The van der Waals surface area contributed by atoms with Gasteiger partial charge in [-0.25, -0.2) is 14.8 Å². The van der Waals surface area contributed by atoms with Crippen molar-refractivity contribution < 1.29 is 48.2 Å². The van der Waals surface area contributed by atoms with Crippen LogP contribution in [0.25, 0.3) is 5.65 Å². The molecule has 334 valence electrons. The lowest BCUT2D eigenvalue weighted by Gasteiger charge is -2.28. The molecule has 17 nitrogen and oxygen atoms in total. The van der Waals surface area contributed by atoms with Crippen molar-refractivity contribution in [2.75, 3.05) is 136 Å². The average Bonchev–Trinajstić information content (AvgIpc) is 3.68. The van der Waals surface area contributed by atoms with E-state index in [1.54, 1.807) is 13.0 Å². The summed E-state index contributed by atoms with van der Waals surface area (Å²) in [6.07, 6.45) is 11.0. The first kappa shape index (κ1) is 51.2. The first-order valence-corrected chi connectivity index (χ1v) is 21.0. The fraction of sp³-hybridized carbons (Fsp3) is 0.667. The number of hydrogen-bond acceptors (Lipinski definition) is 15. The molecule has 59 heavy (non-hydrogen) atoms. The van der Waals surface area contributed by atoms with E-state index in [1.165, 1.54) is 19.3 Å². The molecule has 0 saturated carbocycles. The summed E-state index contributed by atoms with van der Waals surface area (Å²) >= 11 is 0. The Hall–Kier alpha value is -3.94. The Morgan fingerprint density at radius 3 is 1.92 bits per heavy atom. The van der Waals surface area contributed by atoms with Crippen LogP contribution >= 0.6 is 0 Å². The number of aryl methyl sites for hydroxylation is 1. The van der Waals surface area contributed by atoms with Crippen LogP contribution in [0.4, 0.5) is 11.6 Å². The van der Waals surface area contributed by atoms with Gasteiger partial charge in [-0.1, -0.05) is 32.9 Å². The number of likely N-dealkylation sites (N-methyl/N-ethyl adjacent to an activating group) is 1. The fourth-order valence-corrected chi connectivity index (χ4v) is 5.50. The number of carboxylic acids is 1. The summed E-state index contributed by atoms with van der Waals surface area (Å²) in [5, 5.41) is 24.3. The number of hydrogen-bond donors (Lipinski definition) is 3. The Balaban J connectivity index is 0.00000229. The highest BCUT2D eigenvalue weighted by atomic mass is 16.6. The highest BCUT2D eigenvalue weighted by Crippen LogP contribution is 2.25. The van der Waals surface area contributed by atoms with Gasteiger partial charge in [0.25, 0.3) is 0 Å². The summed E-state index contributed by atoms with van der Waals surface area (Å²) in [6.45, 7) is 18.2. The molecule has 0 radical (unpaired) electrons. The number of aliphatic hydroxyl groups excluding tert-OH is 1. The second kappa shape index (κ2) is 33.8. The molecule has 4 heterocycles. The minimum absolute atomic E-state index is 0.250. The van der Waals surface area contributed by atoms with Crippen LogP contribution in [-0.2, 0) is 46.2 Å². The number of pyridine rings is 1. The second-order valence-electron chi connectivity index (χ2n) is 13.0. The van der Waals surface area contributed by atoms with E-state index < -0.39 is 5.97 Å². The molecule has 0 spiro atoms. The predicted molar refractivity (Wildman–Crippen MR) is 229 cm³/mol. The van der Waals surface area contributed by atoms with Crippen molar-refractivity contribution in [3.63, 3.8) is 0 Å². The maximum Gasteiger partial charge on any atom is 0.328 e. The van der Waals surface area contributed by atoms with E-state index >= 15 is 0 Å². The third-order valence-electron chi connectivity index (χ3n) is 8.50. The molecule has 17 heteroatoms. The number of nitrogens with one attached hydrogen (secondary N) is 1. The van der Waals surface area contributed by atoms with Crippen LogP contribution in [0.5, 0.6) is 5.88 Å². The van der Waals surface area contributed by atoms with Gasteiger partial charge in [0, 0.05) is 69.3 Å². The van der Waals surface area contributed by atoms with Crippen LogP contribution in [0.3, 0.4) is 0 Å². The third-order valence-corrected chi connectivity index (χ3v) is 8.50. The van der Waals surface area contributed by atoms with Gasteiger partial charge in [0.15, 0.2) is 5.65 Å². The predicted octanol–water partition coefficient (Wildman–Crippen LogP) is 4.36. The Bertz CT molecular complexity index is 1510. The maximum absolute atomic E-state index is 10.5. The molecular weight excluding hydrogens is 763 g/mol. The van der Waals surface area contributed by atoms with Gasteiger partial charge < -0.3 is 58.5 Å². The Morgan fingerprint density at radius 2 is 1.39 bits per heavy atom. The second-order valence-corrected chi connectivity index (χ2v) is 13.0. The van der Waals surface area contributed by atoms with Crippen LogP contribution in [0.1, 0.15) is 58.1 Å². The number of anilines is 2. The lowest BCUT2D eigenvalue weighted by Crippen LogP contribution is -2.30. The fourth-order valence-electron chi connectivity index (χ4n) is 5.50. The molecule has 0 aromatic carbocycles. The van der Waals surface area contributed by atoms with Gasteiger partial charge in [-0.3, -0.25) is 0 Å². The van der Waals surface area contributed by atoms with Crippen molar-refractivity contribution in [3.05, 3.63) is 53.9 Å². The summed E-state index contributed by atoms with van der Waals surface area (Å²) in [4.78, 5) is 24.2. The van der Waals surface area contributed by atoms with E-state index in [-0.39, 0.29) is 6.61 Å². The monoisotopic (exact) mass is 834 g/mol. The molecule has 4 rings (SSSR count). The van der Waals surface area contributed by atoms with Crippen molar-refractivity contribution in [2.45, 2.75) is 59.9 Å². The van der Waals surface area contributed by atoms with Crippen molar-refractivity contribution in [1.82, 2.24) is 24.5 Å². The number of ether oxygens (including phenoxy) is 7. The summed E-state index contributed by atoms with van der Waals surface area (Å²) in [6, 6.07) is 5.98. The summed E-state index contributed by atoms with van der Waals surface area (Å²) in [5.41, 5.74) is 3.09. The van der Waals surface area contributed by atoms with Crippen LogP contribution < -0.4 is 15.0 Å². The first-order chi connectivity index (χ1) is 28.9. The number of rotatable bonds is 30. The van der Waals surface area contributed by atoms with Gasteiger partial charge in [-0.15, -0.1) is 0 Å². The Kier molecular flexibility index (Phi) is 29.4. The topological polar surface area (TPSA) is 184 Å². The van der Waals surface area contributed by atoms with E-state index in [0.717, 1.165) is 54.0 Å². The average molecular weight is 834 g/mol. The van der Waals surface area contributed by atoms with Crippen LogP contribution in [0, 0.1) is 0 Å². The number of piperidine rings is 1. The van der Waals surface area contributed by atoms with E-state index in [2.05, 4.69) is 33.3 Å². The molecule has 0 atom stereocenters. The van der Waals surface area contributed by atoms with E-state index in [0.29, 0.717) is 111 Å². The molecule has 1 aliphatic rings. The molecule has 1 aliphatic heterocycles. The quantitative estimate of drug-likeness (QED) is 0.0636. The zero-order chi connectivity index (χ0) is 42.8. The third kappa shape index (κ3) is 22.9. The van der Waals surface area contributed by atoms with Crippen LogP contribution in [0.15, 0.2) is 42.7 Å². The standard InChI is InChI=1S/C38H59N7O9.C2H6O.C2H6/c1-3-33-31-41-45-34(28-35(42-38(33)45)44-12-5-4-6-13-44)39-29-32-9-10-36(40-30-32)54-27-26-53-25-24-52-23-22-51-21-20-50-19-18-49-17-16-48-15-14-43(2)11-7-8-37(46)47;1-2-3;1-2/h7-10,28,30-31,39H,3-6,11-27,29H2,1-2H3,(H,46,47);3H,2H2,1H3;1-2H3/b8-7+;;. The van der Waals surface area contributed by atoms with Crippen molar-refractivity contribution >= 4 is 23.3 Å². The number of carboxylic acid groups (broad SMARTS) is 1. The van der Waals surface area contributed by atoms with Gasteiger partial charge in [0.05, 0.1) is 85.5 Å². The summed E-state index contributed by atoms with van der Waals surface area (Å²) < 4.78 is 40.8. The minimum atomic E-state index is -0.942. The zero-order valence-electron chi connectivity index (χ0n) is 36.1. The molecule has 0 bridgehead atoms. The van der Waals surface area contributed by atoms with Crippen molar-refractivity contribution in [2.24, 2.45) is 0 Å². The molecule has 1 fully saturated rings. The number of fused-ring (bicyclic) bond motifs is 1. The van der Waals surface area contributed by atoms with E-state index in [4.69, 9.17) is 48.4 Å². The van der Waals surface area contributed by atoms with E-state index in [1.807, 2.05) is 54.8 Å². The smallest absolute Gasteiger partial charge is 0.328 e. The van der Waals surface area contributed by atoms with E-state index in [9.17, 15) is 4.79 Å². The molecule has 1 saturated heterocycles. The summed E-state index contributed by atoms with van der Waals surface area (Å²) in [7, 11) is 1.91. The molecule has 0 aliphatic carbocycles. The molecule has 3 N–H and O–H groups in total. The number of carbonyl (C=O) groups is 1. The summed E-state index contributed by atoms with van der Waals surface area (Å²) in [5.74, 6) is 1.53. The number of aliphatic carboxylic acids is 1. The van der Waals surface area contributed by atoms with Gasteiger partial charge in [0.1, 0.15) is 18.2 Å². The first-order valence-electron chi connectivity index (χ1n) is 21.0. The Labute approximate surface area is 350 Å². The van der Waals surface area contributed by atoms with Crippen molar-refractivity contribution in [1.29, 1.82) is 0 Å². The van der Waals surface area contributed by atoms with Gasteiger partial charge in [0.2, 0.25) is 5.88 Å². The number of aliphatic hydroxyl groups is 1. The number of nitrogens with zero attached hydrogens (tertiary/aromatic N) is 6. The molecule has 0 amide bonds. The highest BCUT2D eigenvalue weighted by Gasteiger charge is 2.17. The maximum atomic E-state index is 10.5. The molecule has 3 aromatic rings. The molecule has 0 unspecified atom stereocenters. The van der Waals surface area contributed by atoms with Crippen LogP contribution in [-0.4, -0.2) is 166 Å². The highest BCUT2D eigenvalue weighted by molar-refractivity contribution is 5.79. The van der Waals surface area contributed by atoms with Crippen molar-refractivity contribution in [3.8, 4) is 5.88 Å². The van der Waals surface area contributed by atoms with Crippen LogP contribution in [0.2, 0.25) is 0 Å². The lowest BCUT2D eigenvalue weighted by molar-refractivity contribution is -0.131.